The van der Waals surface area contributed by atoms with Gasteiger partial charge in [0.25, 0.3) is 0 Å². The highest BCUT2D eigenvalue weighted by Gasteiger charge is 2.13. The standard InChI is InChI=1S/C19H21BrN2/c1-13-5-10-18-17(12-13)16(4-2-3-11-21)19(22-18)14-6-8-15(20)9-7-14/h5-10,12,22H,2-4,11,21H2,1H3. The molecule has 0 unspecified atom stereocenters. The average Bonchev–Trinajstić information content (AvgIpc) is 2.86. The van der Waals surface area contributed by atoms with Gasteiger partial charge >= 0.3 is 0 Å². The lowest BCUT2D eigenvalue weighted by Crippen LogP contribution is -1.99. The number of aryl methyl sites for hydroxylation is 2. The highest BCUT2D eigenvalue weighted by molar-refractivity contribution is 9.10. The van der Waals surface area contributed by atoms with Gasteiger partial charge < -0.3 is 10.7 Å². The number of nitrogens with one attached hydrogen (secondary N) is 1. The molecule has 0 amide bonds. The summed E-state index contributed by atoms with van der Waals surface area (Å²) in [5.74, 6) is 0. The van der Waals surface area contributed by atoms with Gasteiger partial charge in [-0.25, -0.2) is 0 Å². The fourth-order valence-electron chi connectivity index (χ4n) is 2.93. The number of fused-ring (bicyclic) bond motifs is 1. The van der Waals surface area contributed by atoms with Crippen LogP contribution in [0.15, 0.2) is 46.9 Å². The molecule has 0 aliphatic carbocycles. The summed E-state index contributed by atoms with van der Waals surface area (Å²) in [6.45, 7) is 2.91. The van der Waals surface area contributed by atoms with E-state index in [1.165, 1.54) is 33.3 Å². The van der Waals surface area contributed by atoms with Crippen molar-refractivity contribution in [1.82, 2.24) is 4.98 Å². The monoisotopic (exact) mass is 356 g/mol. The van der Waals surface area contributed by atoms with Crippen molar-refractivity contribution in [2.45, 2.75) is 26.2 Å². The van der Waals surface area contributed by atoms with Crippen molar-refractivity contribution in [3.63, 3.8) is 0 Å². The van der Waals surface area contributed by atoms with Crippen LogP contribution in [0.1, 0.15) is 24.0 Å². The maximum absolute atomic E-state index is 5.66. The number of aromatic nitrogens is 1. The first-order chi connectivity index (χ1) is 10.7. The molecule has 1 aromatic heterocycles. The summed E-state index contributed by atoms with van der Waals surface area (Å²) >= 11 is 3.51. The second-order valence-electron chi connectivity index (χ2n) is 5.78. The van der Waals surface area contributed by atoms with Crippen molar-refractivity contribution in [3.05, 3.63) is 58.1 Å². The lowest BCUT2D eigenvalue weighted by molar-refractivity contribution is 0.748. The molecule has 114 valence electrons. The number of hydrogen-bond donors (Lipinski definition) is 2. The van der Waals surface area contributed by atoms with Crippen LogP contribution in [0.25, 0.3) is 22.2 Å². The predicted octanol–water partition coefficient (Wildman–Crippen LogP) is 5.19. The average molecular weight is 357 g/mol. The lowest BCUT2D eigenvalue weighted by atomic mass is 9.99. The molecular formula is C19H21BrN2. The topological polar surface area (TPSA) is 41.8 Å². The Hall–Kier alpha value is -1.58. The van der Waals surface area contributed by atoms with E-state index < -0.39 is 0 Å². The van der Waals surface area contributed by atoms with E-state index in [4.69, 9.17) is 5.73 Å². The fraction of sp³-hybridized carbons (Fsp3) is 0.263. The Kier molecular flexibility index (Phi) is 4.65. The first-order valence-corrected chi connectivity index (χ1v) is 8.55. The van der Waals surface area contributed by atoms with Crippen molar-refractivity contribution in [1.29, 1.82) is 0 Å². The summed E-state index contributed by atoms with van der Waals surface area (Å²) in [5, 5.41) is 1.34. The van der Waals surface area contributed by atoms with Crippen LogP contribution in [0.2, 0.25) is 0 Å². The van der Waals surface area contributed by atoms with Crippen molar-refractivity contribution in [2.75, 3.05) is 6.54 Å². The van der Waals surface area contributed by atoms with E-state index in [0.717, 1.165) is 30.3 Å². The summed E-state index contributed by atoms with van der Waals surface area (Å²) in [6.07, 6.45) is 3.26. The third kappa shape index (κ3) is 3.11. The molecule has 3 N–H and O–H groups in total. The van der Waals surface area contributed by atoms with E-state index in [9.17, 15) is 0 Å². The molecule has 3 heteroatoms. The molecule has 1 heterocycles. The number of benzene rings is 2. The number of H-pyrrole nitrogens is 1. The Labute approximate surface area is 139 Å². The summed E-state index contributed by atoms with van der Waals surface area (Å²) in [5.41, 5.74) is 12.1. The highest BCUT2D eigenvalue weighted by Crippen LogP contribution is 2.32. The van der Waals surface area contributed by atoms with Gasteiger partial charge in [0.2, 0.25) is 0 Å². The Balaban J connectivity index is 2.10. The van der Waals surface area contributed by atoms with Gasteiger partial charge in [0.15, 0.2) is 0 Å². The van der Waals surface area contributed by atoms with Gasteiger partial charge in [-0.05, 0) is 68.1 Å². The fourth-order valence-corrected chi connectivity index (χ4v) is 3.19. The largest absolute Gasteiger partial charge is 0.354 e. The molecule has 2 nitrogen and oxygen atoms in total. The first kappa shape index (κ1) is 15.3. The normalized spacial score (nSPS) is 11.2. The van der Waals surface area contributed by atoms with Crippen LogP contribution in [-0.2, 0) is 6.42 Å². The van der Waals surface area contributed by atoms with Crippen LogP contribution in [0.3, 0.4) is 0 Å². The number of halogens is 1. The molecule has 3 aromatic rings. The zero-order valence-electron chi connectivity index (χ0n) is 12.8. The molecule has 0 atom stereocenters. The Bertz CT molecular complexity index is 772. The molecule has 0 aliphatic heterocycles. The van der Waals surface area contributed by atoms with E-state index in [0.29, 0.717) is 0 Å². The molecule has 0 radical (unpaired) electrons. The predicted molar refractivity (Wildman–Crippen MR) is 98.2 cm³/mol. The second-order valence-corrected chi connectivity index (χ2v) is 6.70. The third-order valence-corrected chi connectivity index (χ3v) is 4.60. The van der Waals surface area contributed by atoms with Crippen LogP contribution >= 0.6 is 15.9 Å². The van der Waals surface area contributed by atoms with Gasteiger partial charge in [0.05, 0.1) is 0 Å². The zero-order valence-corrected chi connectivity index (χ0v) is 14.4. The van der Waals surface area contributed by atoms with Crippen LogP contribution in [0.4, 0.5) is 0 Å². The van der Waals surface area contributed by atoms with Crippen LogP contribution in [-0.4, -0.2) is 11.5 Å². The molecular weight excluding hydrogens is 336 g/mol. The summed E-state index contributed by atoms with van der Waals surface area (Å²) in [7, 11) is 0. The van der Waals surface area contributed by atoms with E-state index in [1.54, 1.807) is 0 Å². The summed E-state index contributed by atoms with van der Waals surface area (Å²) in [4.78, 5) is 3.61. The zero-order chi connectivity index (χ0) is 15.5. The van der Waals surface area contributed by atoms with Gasteiger partial charge in [-0.3, -0.25) is 0 Å². The SMILES string of the molecule is Cc1ccc2[nH]c(-c3ccc(Br)cc3)c(CCCCN)c2c1. The Morgan fingerprint density at radius 3 is 2.55 bits per heavy atom. The van der Waals surface area contributed by atoms with Crippen LogP contribution in [0, 0.1) is 6.92 Å². The maximum Gasteiger partial charge on any atom is 0.0497 e. The molecule has 0 saturated heterocycles. The number of rotatable bonds is 5. The molecule has 0 spiro atoms. The molecule has 0 saturated carbocycles. The van der Waals surface area contributed by atoms with E-state index in [1.807, 2.05) is 0 Å². The van der Waals surface area contributed by atoms with E-state index in [2.05, 4.69) is 70.3 Å². The van der Waals surface area contributed by atoms with Crippen molar-refractivity contribution >= 4 is 26.8 Å². The summed E-state index contributed by atoms with van der Waals surface area (Å²) in [6, 6.07) is 15.1. The number of nitrogens with two attached hydrogens (primary N) is 1. The molecule has 0 aliphatic rings. The Morgan fingerprint density at radius 1 is 1.05 bits per heavy atom. The third-order valence-electron chi connectivity index (χ3n) is 4.08. The number of hydrogen-bond acceptors (Lipinski definition) is 1. The van der Waals surface area contributed by atoms with Gasteiger partial charge in [-0.15, -0.1) is 0 Å². The van der Waals surface area contributed by atoms with E-state index in [-0.39, 0.29) is 0 Å². The van der Waals surface area contributed by atoms with Crippen molar-refractivity contribution in [3.8, 4) is 11.3 Å². The Morgan fingerprint density at radius 2 is 1.82 bits per heavy atom. The number of aromatic amines is 1. The van der Waals surface area contributed by atoms with Gasteiger partial charge in [0, 0.05) is 21.1 Å². The molecule has 0 bridgehead atoms. The summed E-state index contributed by atoms with van der Waals surface area (Å²) < 4.78 is 1.10. The van der Waals surface area contributed by atoms with Gasteiger partial charge in [-0.2, -0.15) is 0 Å². The minimum atomic E-state index is 0.759. The lowest BCUT2D eigenvalue weighted by Gasteiger charge is -2.06. The molecule has 3 rings (SSSR count). The maximum atomic E-state index is 5.66. The quantitative estimate of drug-likeness (QED) is 0.607. The van der Waals surface area contributed by atoms with Crippen LogP contribution in [0.5, 0.6) is 0 Å². The smallest absolute Gasteiger partial charge is 0.0497 e. The highest BCUT2D eigenvalue weighted by atomic mass is 79.9. The molecule has 22 heavy (non-hydrogen) atoms. The van der Waals surface area contributed by atoms with Crippen LogP contribution < -0.4 is 5.73 Å². The van der Waals surface area contributed by atoms with Gasteiger partial charge in [0.1, 0.15) is 0 Å². The van der Waals surface area contributed by atoms with Crippen molar-refractivity contribution in [2.24, 2.45) is 5.73 Å². The minimum Gasteiger partial charge on any atom is -0.354 e. The minimum absolute atomic E-state index is 0.759. The molecule has 0 fully saturated rings. The first-order valence-electron chi connectivity index (χ1n) is 7.76. The number of unbranched alkanes of at least 4 members (excludes halogenated alkanes) is 1. The molecule has 2 aromatic carbocycles. The second kappa shape index (κ2) is 6.67. The van der Waals surface area contributed by atoms with E-state index >= 15 is 0 Å². The van der Waals surface area contributed by atoms with Gasteiger partial charge in [-0.1, -0.05) is 39.7 Å². The van der Waals surface area contributed by atoms with Crippen molar-refractivity contribution < 1.29 is 0 Å².